The number of hydrogen-bond donors (Lipinski definition) is 2. The third-order valence-corrected chi connectivity index (χ3v) is 1.52. The summed E-state index contributed by atoms with van der Waals surface area (Å²) >= 11 is 0. The number of nitrogens with zero attached hydrogens (tertiary/aromatic N) is 3. The van der Waals surface area contributed by atoms with Gasteiger partial charge in [0.1, 0.15) is 6.73 Å². The Balaban J connectivity index is 2.26. The van der Waals surface area contributed by atoms with Crippen molar-refractivity contribution in [1.82, 2.24) is 15.3 Å². The predicted octanol–water partition coefficient (Wildman–Crippen LogP) is -0.685. The van der Waals surface area contributed by atoms with Gasteiger partial charge in [0, 0.05) is 12.4 Å². The SMILES string of the molecule is Nc1nccnc1N1CNCO1. The average molecular weight is 167 g/mol. The Labute approximate surface area is 69.3 Å². The van der Waals surface area contributed by atoms with Gasteiger partial charge < -0.3 is 5.73 Å². The Morgan fingerprint density at radius 1 is 1.50 bits per heavy atom. The highest BCUT2D eigenvalue weighted by Crippen LogP contribution is 2.17. The Hall–Kier alpha value is -1.40. The van der Waals surface area contributed by atoms with E-state index in [1.54, 1.807) is 17.5 Å². The highest BCUT2D eigenvalue weighted by molar-refractivity contribution is 5.55. The Bertz CT molecular complexity index is 272. The fraction of sp³-hybridized carbons (Fsp3) is 0.333. The van der Waals surface area contributed by atoms with Crippen molar-refractivity contribution in [2.24, 2.45) is 0 Å². The molecule has 0 atom stereocenters. The summed E-state index contributed by atoms with van der Waals surface area (Å²) in [7, 11) is 0. The van der Waals surface area contributed by atoms with E-state index in [9.17, 15) is 0 Å². The molecule has 3 N–H and O–H groups in total. The zero-order chi connectivity index (χ0) is 8.39. The first-order valence-electron chi connectivity index (χ1n) is 3.55. The van der Waals surface area contributed by atoms with E-state index in [1.807, 2.05) is 0 Å². The molecule has 0 amide bonds. The Morgan fingerprint density at radius 2 is 2.33 bits per heavy atom. The van der Waals surface area contributed by atoms with Gasteiger partial charge in [-0.05, 0) is 0 Å². The van der Waals surface area contributed by atoms with Gasteiger partial charge >= 0.3 is 0 Å². The molecule has 0 radical (unpaired) electrons. The molecule has 0 aromatic carbocycles. The van der Waals surface area contributed by atoms with Crippen LogP contribution >= 0.6 is 0 Å². The second-order valence-electron chi connectivity index (χ2n) is 2.33. The standard InChI is InChI=1S/C6H9N5O/c7-5-6(10-2-1-9-5)11-3-8-4-12-11/h1-2,8H,3-4H2,(H2,7,9). The molecule has 0 aliphatic carbocycles. The first kappa shape index (κ1) is 7.26. The van der Waals surface area contributed by atoms with E-state index in [1.165, 1.54) is 0 Å². The fourth-order valence-corrected chi connectivity index (χ4v) is 0.986. The van der Waals surface area contributed by atoms with Crippen molar-refractivity contribution in [2.45, 2.75) is 0 Å². The first-order chi connectivity index (χ1) is 5.88. The van der Waals surface area contributed by atoms with Crippen LogP contribution < -0.4 is 16.1 Å². The number of anilines is 2. The van der Waals surface area contributed by atoms with Crippen molar-refractivity contribution in [2.75, 3.05) is 24.2 Å². The lowest BCUT2D eigenvalue weighted by Crippen LogP contribution is -2.22. The number of nitrogens with one attached hydrogen (secondary N) is 1. The minimum atomic E-state index is 0.376. The van der Waals surface area contributed by atoms with E-state index in [0.717, 1.165) is 0 Å². The molecular weight excluding hydrogens is 158 g/mol. The summed E-state index contributed by atoms with van der Waals surface area (Å²) in [6, 6.07) is 0. The molecule has 1 aromatic heterocycles. The van der Waals surface area contributed by atoms with Crippen LogP contribution in [-0.2, 0) is 4.84 Å². The summed E-state index contributed by atoms with van der Waals surface area (Å²) in [5.41, 5.74) is 5.58. The molecule has 1 aromatic rings. The van der Waals surface area contributed by atoms with Gasteiger partial charge in [-0.2, -0.15) is 0 Å². The Kier molecular flexibility index (Phi) is 1.77. The molecular formula is C6H9N5O. The van der Waals surface area contributed by atoms with Crippen LogP contribution in [0.4, 0.5) is 11.6 Å². The topological polar surface area (TPSA) is 76.3 Å². The normalized spacial score (nSPS) is 16.8. The van der Waals surface area contributed by atoms with Crippen molar-refractivity contribution in [3.8, 4) is 0 Å². The zero-order valence-corrected chi connectivity index (χ0v) is 6.40. The number of hydrogen-bond acceptors (Lipinski definition) is 6. The van der Waals surface area contributed by atoms with Crippen LogP contribution in [0.3, 0.4) is 0 Å². The molecule has 1 fully saturated rings. The van der Waals surface area contributed by atoms with E-state index < -0.39 is 0 Å². The van der Waals surface area contributed by atoms with Gasteiger partial charge in [-0.1, -0.05) is 0 Å². The fourth-order valence-electron chi connectivity index (χ4n) is 0.986. The van der Waals surface area contributed by atoms with E-state index >= 15 is 0 Å². The van der Waals surface area contributed by atoms with Gasteiger partial charge in [0.05, 0.1) is 6.67 Å². The lowest BCUT2D eigenvalue weighted by molar-refractivity contribution is 0.162. The summed E-state index contributed by atoms with van der Waals surface area (Å²) in [4.78, 5) is 13.1. The van der Waals surface area contributed by atoms with Crippen molar-refractivity contribution < 1.29 is 4.84 Å². The molecule has 0 spiro atoms. The van der Waals surface area contributed by atoms with E-state index in [4.69, 9.17) is 10.6 Å². The van der Waals surface area contributed by atoms with Gasteiger partial charge in [0.2, 0.25) is 0 Å². The molecule has 1 aliphatic rings. The monoisotopic (exact) mass is 167 g/mol. The highest BCUT2D eigenvalue weighted by atomic mass is 16.7. The van der Waals surface area contributed by atoms with E-state index in [0.29, 0.717) is 25.0 Å². The molecule has 2 rings (SSSR count). The first-order valence-corrected chi connectivity index (χ1v) is 3.55. The number of nitrogen functional groups attached to an aromatic ring is 1. The molecule has 12 heavy (non-hydrogen) atoms. The number of rotatable bonds is 1. The van der Waals surface area contributed by atoms with E-state index in [2.05, 4.69) is 15.3 Å². The second kappa shape index (κ2) is 2.92. The molecule has 2 heterocycles. The molecule has 6 nitrogen and oxygen atoms in total. The van der Waals surface area contributed by atoms with E-state index in [-0.39, 0.29) is 0 Å². The number of nitrogens with two attached hydrogens (primary N) is 1. The summed E-state index contributed by atoms with van der Waals surface area (Å²) < 4.78 is 0. The molecule has 0 unspecified atom stereocenters. The van der Waals surface area contributed by atoms with Crippen LogP contribution in [0.2, 0.25) is 0 Å². The van der Waals surface area contributed by atoms with Crippen molar-refractivity contribution in [3.05, 3.63) is 12.4 Å². The summed E-state index contributed by atoms with van der Waals surface area (Å²) in [6.45, 7) is 1.07. The summed E-state index contributed by atoms with van der Waals surface area (Å²) in [5.74, 6) is 0.934. The van der Waals surface area contributed by atoms with Gasteiger partial charge in [-0.25, -0.2) is 15.0 Å². The number of aromatic nitrogens is 2. The maximum Gasteiger partial charge on any atom is 0.196 e. The maximum absolute atomic E-state index is 5.58. The van der Waals surface area contributed by atoms with Gasteiger partial charge in [0.25, 0.3) is 0 Å². The van der Waals surface area contributed by atoms with Crippen LogP contribution in [0, 0.1) is 0 Å². The van der Waals surface area contributed by atoms with Crippen molar-refractivity contribution >= 4 is 11.6 Å². The molecule has 1 saturated heterocycles. The minimum Gasteiger partial charge on any atom is -0.381 e. The molecule has 1 aliphatic heterocycles. The smallest absolute Gasteiger partial charge is 0.196 e. The average Bonchev–Trinajstić information content (AvgIpc) is 2.57. The maximum atomic E-state index is 5.58. The molecule has 6 heteroatoms. The highest BCUT2D eigenvalue weighted by Gasteiger charge is 2.16. The van der Waals surface area contributed by atoms with Crippen LogP contribution in [0.15, 0.2) is 12.4 Å². The zero-order valence-electron chi connectivity index (χ0n) is 6.40. The van der Waals surface area contributed by atoms with Crippen LogP contribution in [0.5, 0.6) is 0 Å². The lowest BCUT2D eigenvalue weighted by Gasteiger charge is -2.13. The largest absolute Gasteiger partial charge is 0.381 e. The van der Waals surface area contributed by atoms with Crippen LogP contribution in [0.1, 0.15) is 0 Å². The van der Waals surface area contributed by atoms with Gasteiger partial charge in [-0.15, -0.1) is 0 Å². The Morgan fingerprint density at radius 3 is 3.00 bits per heavy atom. The molecule has 0 bridgehead atoms. The summed E-state index contributed by atoms with van der Waals surface area (Å²) in [5, 5.41) is 4.55. The second-order valence-corrected chi connectivity index (χ2v) is 2.33. The van der Waals surface area contributed by atoms with Crippen molar-refractivity contribution in [1.29, 1.82) is 0 Å². The van der Waals surface area contributed by atoms with Gasteiger partial charge in [-0.3, -0.25) is 10.2 Å². The number of hydroxylamine groups is 1. The molecule has 64 valence electrons. The minimum absolute atomic E-state index is 0.376. The third-order valence-electron chi connectivity index (χ3n) is 1.52. The van der Waals surface area contributed by atoms with Crippen LogP contribution in [0.25, 0.3) is 0 Å². The third kappa shape index (κ3) is 1.17. The van der Waals surface area contributed by atoms with Crippen LogP contribution in [-0.4, -0.2) is 23.4 Å². The van der Waals surface area contributed by atoms with Crippen molar-refractivity contribution in [3.63, 3.8) is 0 Å². The quantitative estimate of drug-likeness (QED) is 0.577. The van der Waals surface area contributed by atoms with Gasteiger partial charge in [0.15, 0.2) is 11.6 Å². The summed E-state index contributed by atoms with van der Waals surface area (Å²) in [6.07, 6.45) is 3.12. The molecule has 0 saturated carbocycles. The lowest BCUT2D eigenvalue weighted by atomic mass is 10.6. The predicted molar refractivity (Wildman–Crippen MR) is 42.9 cm³/mol.